The fourth-order valence-corrected chi connectivity index (χ4v) is 2.88. The number of carbonyl (C=O) groups is 1. The summed E-state index contributed by atoms with van der Waals surface area (Å²) in [5, 5.41) is 9.58. The lowest BCUT2D eigenvalue weighted by Gasteiger charge is -2.23. The lowest BCUT2D eigenvalue weighted by molar-refractivity contribution is -0.884. The highest BCUT2D eigenvalue weighted by atomic mass is 35.5. The number of hydrogen-bond donors (Lipinski definition) is 0. The molecular weight excluding hydrogens is 436 g/mol. The summed E-state index contributed by atoms with van der Waals surface area (Å²) in [6.45, 7) is 2.20. The molecule has 0 aliphatic rings. The van der Waals surface area contributed by atoms with Crippen molar-refractivity contribution >= 4 is 5.97 Å². The van der Waals surface area contributed by atoms with E-state index in [9.17, 15) is 10.1 Å². The summed E-state index contributed by atoms with van der Waals surface area (Å²) in [5.74, 6) is -0.847. The number of quaternary nitrogens is 2. The third-order valence-corrected chi connectivity index (χ3v) is 4.08. The largest absolute Gasteiger partial charge is 1.00 e. The van der Waals surface area contributed by atoms with Crippen LogP contribution in [0.2, 0.25) is 0 Å². The molecule has 0 unspecified atom stereocenters. The average Bonchev–Trinajstić information content (AvgIpc) is 2.74. The third kappa shape index (κ3) is 15.7. The standard InChI is InChI=1S/2C10H16N.C7H6O3.ClH/c2*1-11(2,3)9-10-7-5-4-6-8-10;8-7(10-9)6-4-2-1-3-5-6;/h2*4-8H,9H2,1-3H3;1-5,9H;1H/q2*+1;;/p-2. The molecule has 0 fully saturated rings. The van der Waals surface area contributed by atoms with E-state index >= 15 is 0 Å². The highest BCUT2D eigenvalue weighted by Gasteiger charge is 2.07. The number of benzene rings is 3. The summed E-state index contributed by atoms with van der Waals surface area (Å²) in [6, 6.07) is 29.2. The molecule has 0 saturated heterocycles. The van der Waals surface area contributed by atoms with Crippen molar-refractivity contribution in [2.75, 3.05) is 42.3 Å². The Morgan fingerprint density at radius 2 is 0.939 bits per heavy atom. The maximum Gasteiger partial charge on any atom is 0.332 e. The van der Waals surface area contributed by atoms with E-state index in [-0.39, 0.29) is 18.0 Å². The zero-order valence-electron chi connectivity index (χ0n) is 20.6. The van der Waals surface area contributed by atoms with Gasteiger partial charge in [-0.25, -0.2) is 4.79 Å². The Labute approximate surface area is 205 Å². The fraction of sp³-hybridized carbons (Fsp3) is 0.296. The van der Waals surface area contributed by atoms with Crippen LogP contribution in [0.1, 0.15) is 21.5 Å². The molecule has 5 nitrogen and oxygen atoms in total. The van der Waals surface area contributed by atoms with Gasteiger partial charge < -0.3 is 31.5 Å². The maximum absolute atomic E-state index is 10.5. The van der Waals surface area contributed by atoms with E-state index in [0.717, 1.165) is 22.1 Å². The van der Waals surface area contributed by atoms with Gasteiger partial charge in [-0.3, -0.25) is 0 Å². The molecule has 0 aliphatic carbocycles. The van der Waals surface area contributed by atoms with Gasteiger partial charge in [0.25, 0.3) is 0 Å². The lowest BCUT2D eigenvalue weighted by Crippen LogP contribution is -3.00. The summed E-state index contributed by atoms with van der Waals surface area (Å²) >= 11 is 0. The van der Waals surface area contributed by atoms with Gasteiger partial charge >= 0.3 is 5.97 Å². The first-order valence-electron chi connectivity index (χ1n) is 10.6. The Hall–Kier alpha value is -2.70. The first kappa shape index (κ1) is 30.3. The van der Waals surface area contributed by atoms with Crippen molar-refractivity contribution in [1.82, 2.24) is 0 Å². The number of carbonyl (C=O) groups excluding carboxylic acids is 1. The predicted molar refractivity (Wildman–Crippen MR) is 128 cm³/mol. The molecule has 0 N–H and O–H groups in total. The zero-order valence-corrected chi connectivity index (χ0v) is 21.3. The monoisotopic (exact) mass is 472 g/mol. The quantitative estimate of drug-likeness (QED) is 0.315. The van der Waals surface area contributed by atoms with E-state index in [4.69, 9.17) is 0 Å². The van der Waals surface area contributed by atoms with Crippen molar-refractivity contribution in [3.63, 3.8) is 0 Å². The van der Waals surface area contributed by atoms with Crippen molar-refractivity contribution < 1.29 is 36.3 Å². The van der Waals surface area contributed by atoms with Crippen LogP contribution in [-0.4, -0.2) is 57.2 Å². The van der Waals surface area contributed by atoms with Crippen molar-refractivity contribution in [3.8, 4) is 0 Å². The third-order valence-electron chi connectivity index (χ3n) is 4.08. The Kier molecular flexibility index (Phi) is 14.0. The second kappa shape index (κ2) is 15.2. The van der Waals surface area contributed by atoms with Crippen LogP contribution in [0.3, 0.4) is 0 Å². The van der Waals surface area contributed by atoms with Gasteiger partial charge in [0.1, 0.15) is 13.1 Å². The van der Waals surface area contributed by atoms with Gasteiger partial charge in [0.2, 0.25) is 0 Å². The number of hydrogen-bond acceptors (Lipinski definition) is 3. The van der Waals surface area contributed by atoms with Gasteiger partial charge in [0, 0.05) is 11.1 Å². The van der Waals surface area contributed by atoms with Crippen molar-refractivity contribution in [2.24, 2.45) is 0 Å². The van der Waals surface area contributed by atoms with Crippen LogP contribution in [0.25, 0.3) is 0 Å². The minimum absolute atomic E-state index is 0. The van der Waals surface area contributed by atoms with E-state index in [1.807, 2.05) is 0 Å². The second-order valence-electron chi connectivity index (χ2n) is 9.60. The van der Waals surface area contributed by atoms with Crippen LogP contribution < -0.4 is 17.7 Å². The molecule has 0 heterocycles. The molecule has 0 radical (unpaired) electrons. The normalized spacial score (nSPS) is 10.4. The lowest BCUT2D eigenvalue weighted by atomic mass is 10.2. The molecule has 6 heteroatoms. The van der Waals surface area contributed by atoms with Crippen LogP contribution in [0.15, 0.2) is 91.0 Å². The molecule has 0 atom stereocenters. The van der Waals surface area contributed by atoms with Gasteiger partial charge in [0.15, 0.2) is 0 Å². The van der Waals surface area contributed by atoms with Crippen molar-refractivity contribution in [3.05, 3.63) is 108 Å². The first-order chi connectivity index (χ1) is 15.0. The molecule has 0 spiro atoms. The summed E-state index contributed by atoms with van der Waals surface area (Å²) in [6.07, 6.45) is 0. The van der Waals surface area contributed by atoms with Crippen molar-refractivity contribution in [2.45, 2.75) is 13.1 Å². The summed E-state index contributed by atoms with van der Waals surface area (Å²) in [7, 11) is 13.2. The summed E-state index contributed by atoms with van der Waals surface area (Å²) in [4.78, 5) is 13.7. The van der Waals surface area contributed by atoms with E-state index < -0.39 is 5.97 Å². The van der Waals surface area contributed by atoms with Crippen LogP contribution in [0.5, 0.6) is 0 Å². The summed E-state index contributed by atoms with van der Waals surface area (Å²) < 4.78 is 1.98. The van der Waals surface area contributed by atoms with Gasteiger partial charge in [0.05, 0.1) is 47.8 Å². The topological polar surface area (TPSA) is 49.4 Å². The molecule has 0 bridgehead atoms. The Bertz CT molecular complexity index is 840. The fourth-order valence-electron chi connectivity index (χ4n) is 2.88. The minimum atomic E-state index is -0.847. The highest BCUT2D eigenvalue weighted by molar-refractivity contribution is 5.88. The van der Waals surface area contributed by atoms with Crippen LogP contribution in [0.4, 0.5) is 0 Å². The van der Waals surface area contributed by atoms with Crippen LogP contribution >= 0.6 is 0 Å². The number of nitrogens with zero attached hydrogens (tertiary/aromatic N) is 2. The molecule has 0 saturated carbocycles. The molecular formula is C27H37ClN2O3. The predicted octanol–water partition coefficient (Wildman–Crippen LogP) is 0.908. The van der Waals surface area contributed by atoms with E-state index in [1.54, 1.807) is 18.2 Å². The molecule has 3 aromatic carbocycles. The van der Waals surface area contributed by atoms with Crippen molar-refractivity contribution in [1.29, 1.82) is 0 Å². The zero-order chi connectivity index (χ0) is 24.0. The Morgan fingerprint density at radius 1 is 0.636 bits per heavy atom. The number of rotatable bonds is 5. The van der Waals surface area contributed by atoms with Crippen LogP contribution in [-0.2, 0) is 18.0 Å². The Morgan fingerprint density at radius 3 is 1.21 bits per heavy atom. The van der Waals surface area contributed by atoms with Gasteiger partial charge in [-0.2, -0.15) is 0 Å². The maximum atomic E-state index is 10.5. The SMILES string of the molecule is C[N+](C)(C)Cc1ccccc1.C[N+](C)(C)Cc1ccccc1.O=C(O[O-])c1ccccc1.[Cl-]. The van der Waals surface area contributed by atoms with E-state index in [2.05, 4.69) is 108 Å². The molecule has 3 rings (SSSR count). The average molecular weight is 473 g/mol. The van der Waals surface area contributed by atoms with E-state index in [1.165, 1.54) is 23.3 Å². The molecule has 180 valence electrons. The second-order valence-corrected chi connectivity index (χ2v) is 9.60. The summed E-state index contributed by atoms with van der Waals surface area (Å²) in [5.41, 5.74) is 3.08. The number of halogens is 1. The molecule has 0 aliphatic heterocycles. The minimum Gasteiger partial charge on any atom is -1.00 e. The molecule has 0 aromatic heterocycles. The smallest absolute Gasteiger partial charge is 0.332 e. The molecule has 33 heavy (non-hydrogen) atoms. The molecule has 0 amide bonds. The Balaban J connectivity index is 0.000000459. The van der Waals surface area contributed by atoms with E-state index in [0.29, 0.717) is 0 Å². The van der Waals surface area contributed by atoms with Crippen LogP contribution in [0, 0.1) is 0 Å². The van der Waals surface area contributed by atoms with Gasteiger partial charge in [-0.15, -0.1) is 0 Å². The van der Waals surface area contributed by atoms with Gasteiger partial charge in [-0.05, 0) is 12.1 Å². The molecule has 3 aromatic rings. The first-order valence-corrected chi connectivity index (χ1v) is 10.6. The highest BCUT2D eigenvalue weighted by Crippen LogP contribution is 2.06. The van der Waals surface area contributed by atoms with Gasteiger partial charge in [-0.1, -0.05) is 78.9 Å².